The lowest BCUT2D eigenvalue weighted by Gasteiger charge is -2.22. The number of sulfonamides is 1. The van der Waals surface area contributed by atoms with E-state index < -0.39 is 32.9 Å². The molecule has 1 amide bonds. The molecule has 1 aliphatic rings. The van der Waals surface area contributed by atoms with Crippen LogP contribution in [-0.2, 0) is 26.0 Å². The number of esters is 1. The number of benzene rings is 2. The first-order valence-corrected chi connectivity index (χ1v) is 10.5. The molecule has 1 aliphatic heterocycles. The van der Waals surface area contributed by atoms with Gasteiger partial charge in [-0.05, 0) is 37.1 Å². The van der Waals surface area contributed by atoms with E-state index in [1.54, 1.807) is 4.90 Å². The van der Waals surface area contributed by atoms with Gasteiger partial charge in [-0.3, -0.25) is 4.79 Å². The van der Waals surface area contributed by atoms with Crippen LogP contribution >= 0.6 is 23.2 Å². The number of nitrogens with two attached hydrogens (primary N) is 1. The summed E-state index contributed by atoms with van der Waals surface area (Å²) in [5.41, 5.74) is 1.56. The van der Waals surface area contributed by atoms with E-state index in [1.807, 2.05) is 24.3 Å². The Morgan fingerprint density at radius 3 is 2.54 bits per heavy atom. The summed E-state index contributed by atoms with van der Waals surface area (Å²) in [7, 11) is -4.17. The van der Waals surface area contributed by atoms with Crippen LogP contribution in [0.4, 0.5) is 5.69 Å². The van der Waals surface area contributed by atoms with E-state index >= 15 is 0 Å². The maximum Gasteiger partial charge on any atom is 0.340 e. The molecule has 3 rings (SSSR count). The van der Waals surface area contributed by atoms with Gasteiger partial charge in [0.15, 0.2) is 6.10 Å². The Labute approximate surface area is 172 Å². The number of hydrogen-bond acceptors (Lipinski definition) is 5. The molecule has 0 aromatic heterocycles. The summed E-state index contributed by atoms with van der Waals surface area (Å²) in [6.07, 6.45) is -0.396. The number of para-hydroxylation sites is 1. The normalized spacial score (nSPS) is 14.5. The highest BCUT2D eigenvalue weighted by molar-refractivity contribution is 7.89. The van der Waals surface area contributed by atoms with Crippen LogP contribution in [-0.4, -0.2) is 32.9 Å². The first-order valence-electron chi connectivity index (χ1n) is 8.21. The molecular weight excluding hydrogens is 427 g/mol. The molecule has 2 aromatic rings. The van der Waals surface area contributed by atoms with E-state index in [9.17, 15) is 18.0 Å². The van der Waals surface area contributed by atoms with Gasteiger partial charge in [-0.1, -0.05) is 41.4 Å². The first kappa shape index (κ1) is 20.6. The third kappa shape index (κ3) is 4.00. The van der Waals surface area contributed by atoms with Crippen LogP contribution in [0.2, 0.25) is 10.0 Å². The Balaban J connectivity index is 1.81. The number of hydrogen-bond donors (Lipinski definition) is 1. The van der Waals surface area contributed by atoms with Crippen LogP contribution in [0.15, 0.2) is 41.3 Å². The predicted octanol–water partition coefficient (Wildman–Crippen LogP) is 2.78. The van der Waals surface area contributed by atoms with Crippen molar-refractivity contribution in [2.75, 3.05) is 11.4 Å². The van der Waals surface area contributed by atoms with E-state index in [1.165, 1.54) is 6.92 Å². The van der Waals surface area contributed by atoms with Crippen LogP contribution in [0.5, 0.6) is 0 Å². The number of anilines is 1. The molecule has 7 nitrogen and oxygen atoms in total. The molecule has 0 saturated carbocycles. The van der Waals surface area contributed by atoms with Gasteiger partial charge in [0.25, 0.3) is 5.91 Å². The van der Waals surface area contributed by atoms with Gasteiger partial charge in [-0.25, -0.2) is 18.4 Å². The second-order valence-corrected chi connectivity index (χ2v) is 8.57. The van der Waals surface area contributed by atoms with Gasteiger partial charge in [-0.15, -0.1) is 0 Å². The zero-order valence-corrected chi connectivity index (χ0v) is 17.0. The Morgan fingerprint density at radius 2 is 1.86 bits per heavy atom. The number of ether oxygens (including phenoxy) is 1. The lowest BCUT2D eigenvalue weighted by Crippen LogP contribution is -2.39. The minimum Gasteiger partial charge on any atom is -0.449 e. The molecule has 1 unspecified atom stereocenters. The highest BCUT2D eigenvalue weighted by atomic mass is 35.5. The fourth-order valence-corrected chi connectivity index (χ4v) is 4.36. The standard InChI is InChI=1S/C18H16Cl2N2O5S/c1-10(17(23)22-7-6-11-4-2-3-5-15(11)22)27-18(24)12-8-16(28(21,25)26)14(20)9-13(12)19/h2-5,8-10H,6-7H2,1H3,(H2,21,25,26). The highest BCUT2D eigenvalue weighted by Gasteiger charge is 2.31. The van der Waals surface area contributed by atoms with Crippen LogP contribution < -0.4 is 10.0 Å². The summed E-state index contributed by atoms with van der Waals surface area (Å²) in [5.74, 6) is -1.35. The van der Waals surface area contributed by atoms with Crippen molar-refractivity contribution >= 4 is 50.8 Å². The molecule has 0 fully saturated rings. The summed E-state index contributed by atoms with van der Waals surface area (Å²) in [6, 6.07) is 9.49. The Kier molecular flexibility index (Phi) is 5.67. The Hall–Kier alpha value is -2.13. The van der Waals surface area contributed by atoms with Gasteiger partial charge in [0.05, 0.1) is 15.6 Å². The SMILES string of the molecule is CC(OC(=O)c1cc(S(N)(=O)=O)c(Cl)cc1Cl)C(=O)N1CCc2ccccc21. The van der Waals surface area contributed by atoms with Crippen LogP contribution in [0.3, 0.4) is 0 Å². The van der Waals surface area contributed by atoms with Crippen molar-refractivity contribution in [2.45, 2.75) is 24.3 Å². The van der Waals surface area contributed by atoms with Crippen LogP contribution in [0, 0.1) is 0 Å². The van der Waals surface area contributed by atoms with Crippen molar-refractivity contribution in [3.63, 3.8) is 0 Å². The average Bonchev–Trinajstić information content (AvgIpc) is 3.03. The van der Waals surface area contributed by atoms with Gasteiger partial charge in [-0.2, -0.15) is 0 Å². The maximum atomic E-state index is 12.7. The van der Waals surface area contributed by atoms with Crippen molar-refractivity contribution in [3.05, 3.63) is 57.6 Å². The number of fused-ring (bicyclic) bond motifs is 1. The molecule has 148 valence electrons. The zero-order valence-electron chi connectivity index (χ0n) is 14.7. The summed E-state index contributed by atoms with van der Waals surface area (Å²) < 4.78 is 28.4. The number of rotatable bonds is 4. The number of halogens is 2. The van der Waals surface area contributed by atoms with Crippen molar-refractivity contribution in [1.29, 1.82) is 0 Å². The third-order valence-electron chi connectivity index (χ3n) is 4.33. The Morgan fingerprint density at radius 1 is 1.18 bits per heavy atom. The minimum atomic E-state index is -4.17. The van der Waals surface area contributed by atoms with Gasteiger partial charge >= 0.3 is 5.97 Å². The van der Waals surface area contributed by atoms with Gasteiger partial charge in [0, 0.05) is 12.2 Å². The molecule has 10 heteroatoms. The second kappa shape index (κ2) is 7.71. The number of amides is 1. The first-order chi connectivity index (χ1) is 13.1. The van der Waals surface area contributed by atoms with Gasteiger partial charge in [0.1, 0.15) is 4.90 Å². The molecule has 28 heavy (non-hydrogen) atoms. The summed E-state index contributed by atoms with van der Waals surface area (Å²) in [6.45, 7) is 1.92. The third-order valence-corrected chi connectivity index (χ3v) is 6.02. The van der Waals surface area contributed by atoms with Gasteiger partial charge < -0.3 is 9.64 Å². The molecule has 0 bridgehead atoms. The van der Waals surface area contributed by atoms with E-state index in [2.05, 4.69) is 0 Å². The van der Waals surface area contributed by atoms with E-state index in [-0.39, 0.29) is 15.6 Å². The number of carbonyl (C=O) groups excluding carboxylic acids is 2. The van der Waals surface area contributed by atoms with Crippen molar-refractivity contribution < 1.29 is 22.7 Å². The van der Waals surface area contributed by atoms with Crippen LogP contribution in [0.1, 0.15) is 22.8 Å². The quantitative estimate of drug-likeness (QED) is 0.732. The Bertz CT molecular complexity index is 1070. The van der Waals surface area contributed by atoms with Crippen molar-refractivity contribution in [1.82, 2.24) is 0 Å². The number of primary sulfonamides is 1. The monoisotopic (exact) mass is 442 g/mol. The lowest BCUT2D eigenvalue weighted by molar-refractivity contribution is -0.126. The van der Waals surface area contributed by atoms with Crippen molar-refractivity contribution in [3.8, 4) is 0 Å². The highest BCUT2D eigenvalue weighted by Crippen LogP contribution is 2.30. The number of carbonyl (C=O) groups is 2. The molecule has 1 heterocycles. The summed E-state index contributed by atoms with van der Waals surface area (Å²) in [5, 5.41) is 4.75. The fraction of sp³-hybridized carbons (Fsp3) is 0.222. The lowest BCUT2D eigenvalue weighted by atomic mass is 10.2. The molecule has 0 radical (unpaired) electrons. The second-order valence-electron chi connectivity index (χ2n) is 6.22. The maximum absolute atomic E-state index is 12.7. The van der Waals surface area contributed by atoms with Crippen molar-refractivity contribution in [2.24, 2.45) is 5.14 Å². The molecule has 2 N–H and O–H groups in total. The minimum absolute atomic E-state index is 0.117. The molecule has 0 saturated heterocycles. The van der Waals surface area contributed by atoms with Gasteiger partial charge in [0.2, 0.25) is 10.0 Å². The van der Waals surface area contributed by atoms with E-state index in [0.717, 1.165) is 23.4 Å². The molecule has 0 spiro atoms. The summed E-state index contributed by atoms with van der Waals surface area (Å²) in [4.78, 5) is 26.3. The van der Waals surface area contributed by atoms with Crippen LogP contribution in [0.25, 0.3) is 0 Å². The predicted molar refractivity (Wildman–Crippen MR) is 105 cm³/mol. The smallest absolute Gasteiger partial charge is 0.340 e. The van der Waals surface area contributed by atoms with E-state index in [4.69, 9.17) is 33.1 Å². The topological polar surface area (TPSA) is 107 Å². The largest absolute Gasteiger partial charge is 0.449 e. The molecule has 1 atom stereocenters. The number of nitrogens with zero attached hydrogens (tertiary/aromatic N) is 1. The average molecular weight is 443 g/mol. The zero-order chi connectivity index (χ0) is 20.6. The summed E-state index contributed by atoms with van der Waals surface area (Å²) >= 11 is 11.8. The molecule has 2 aromatic carbocycles. The molecule has 0 aliphatic carbocycles. The molecular formula is C18H16Cl2N2O5S. The van der Waals surface area contributed by atoms with E-state index in [0.29, 0.717) is 13.0 Å². The fourth-order valence-electron chi connectivity index (χ4n) is 2.96.